The third kappa shape index (κ3) is 5.78. The van der Waals surface area contributed by atoms with E-state index in [0.717, 1.165) is 13.3 Å². The molecule has 4 atom stereocenters. The van der Waals surface area contributed by atoms with Gasteiger partial charge in [0.05, 0.1) is 18.2 Å². The lowest BCUT2D eigenvalue weighted by Crippen LogP contribution is -2.56. The quantitative estimate of drug-likeness (QED) is 0.358. The van der Waals surface area contributed by atoms with E-state index in [4.69, 9.17) is 4.74 Å². The van der Waals surface area contributed by atoms with Crippen LogP contribution in [0.25, 0.3) is 0 Å². The molecule has 154 valence electrons. The first-order valence-corrected chi connectivity index (χ1v) is 9.25. The van der Waals surface area contributed by atoms with Crippen molar-refractivity contribution in [1.29, 1.82) is 0 Å². The van der Waals surface area contributed by atoms with Gasteiger partial charge in [0.15, 0.2) is 5.84 Å². The number of aliphatic imine (C=N–C) groups is 2. The number of rotatable bonds is 9. The minimum absolute atomic E-state index is 0.160. The minimum atomic E-state index is -2.74. The van der Waals surface area contributed by atoms with Gasteiger partial charge in [0, 0.05) is 26.1 Å². The molecule has 2 aliphatic rings. The predicted molar refractivity (Wildman–Crippen MR) is 102 cm³/mol. The molecule has 0 aromatic carbocycles. The van der Waals surface area contributed by atoms with Crippen LogP contribution >= 0.6 is 0 Å². The molecule has 2 rings (SSSR count). The first-order chi connectivity index (χ1) is 12.7. The van der Waals surface area contributed by atoms with Gasteiger partial charge in [0.1, 0.15) is 12.4 Å². The third-order valence-electron chi connectivity index (χ3n) is 5.12. The fourth-order valence-corrected chi connectivity index (χ4v) is 3.46. The number of nitrogens with one attached hydrogen (secondary N) is 1. The van der Waals surface area contributed by atoms with Crippen molar-refractivity contribution < 1.29 is 18.6 Å². The van der Waals surface area contributed by atoms with E-state index in [1.54, 1.807) is 19.1 Å². The zero-order chi connectivity index (χ0) is 20.2. The largest absolute Gasteiger partial charge is 0.388 e. The topological polar surface area (TPSA) is 72.7 Å². The molecule has 0 amide bonds. The van der Waals surface area contributed by atoms with Crippen LogP contribution in [0.2, 0.25) is 0 Å². The molecule has 0 aromatic heterocycles. The smallest absolute Gasteiger partial charge is 0.245 e. The Labute approximate surface area is 159 Å². The number of nitrogens with zero attached hydrogens (tertiary/aromatic N) is 4. The molecule has 0 bridgehead atoms. The number of likely N-dealkylation sites (N-methyl/N-ethyl adjacent to an activating group) is 1. The zero-order valence-corrected chi connectivity index (χ0v) is 16.5. The van der Waals surface area contributed by atoms with Gasteiger partial charge in [-0.25, -0.2) is 23.8 Å². The molecule has 2 saturated heterocycles. The van der Waals surface area contributed by atoms with E-state index in [1.807, 2.05) is 13.0 Å². The Balaban J connectivity index is 2.28. The first kappa shape index (κ1) is 21.9. The fourth-order valence-electron chi connectivity index (χ4n) is 3.46. The average Bonchev–Trinajstić information content (AvgIpc) is 2.89. The summed E-state index contributed by atoms with van der Waals surface area (Å²) in [5.74, 6) is -1.93. The van der Waals surface area contributed by atoms with Crippen molar-refractivity contribution in [2.24, 2.45) is 9.98 Å². The van der Waals surface area contributed by atoms with Gasteiger partial charge in [-0.2, -0.15) is 0 Å². The van der Waals surface area contributed by atoms with Crippen molar-refractivity contribution in [2.75, 3.05) is 27.2 Å². The Kier molecular flexibility index (Phi) is 7.44. The highest BCUT2D eigenvalue weighted by Crippen LogP contribution is 2.37. The van der Waals surface area contributed by atoms with Gasteiger partial charge in [-0.3, -0.25) is 5.43 Å². The van der Waals surface area contributed by atoms with Crippen molar-refractivity contribution in [3.8, 4) is 0 Å². The molecular weight excluding hydrogens is 356 g/mol. The average molecular weight is 387 g/mol. The van der Waals surface area contributed by atoms with Crippen LogP contribution in [0.4, 0.5) is 8.78 Å². The number of ether oxygens (including phenoxy) is 1. The van der Waals surface area contributed by atoms with Gasteiger partial charge in [-0.05, 0) is 46.5 Å². The number of hydrogen-bond acceptors (Lipinski definition) is 6. The van der Waals surface area contributed by atoms with E-state index < -0.39 is 5.92 Å². The summed E-state index contributed by atoms with van der Waals surface area (Å²) in [6.07, 6.45) is 3.09. The number of alkyl halides is 2. The number of hydrogen-bond donors (Lipinski definition) is 2. The maximum atomic E-state index is 13.4. The molecule has 7 nitrogen and oxygen atoms in total. The normalized spacial score (nSPS) is 27.6. The molecule has 0 aliphatic carbocycles. The van der Waals surface area contributed by atoms with Gasteiger partial charge < -0.3 is 14.7 Å². The number of likely N-dealkylation sites (tertiary alicyclic amines) is 1. The molecule has 0 saturated carbocycles. The van der Waals surface area contributed by atoms with Crippen molar-refractivity contribution in [3.05, 3.63) is 11.9 Å². The number of hydrazine groups is 1. The Morgan fingerprint density at radius 3 is 2.78 bits per heavy atom. The number of fused-ring (bicyclic) bond motifs is 1. The van der Waals surface area contributed by atoms with Gasteiger partial charge in [-0.15, -0.1) is 0 Å². The maximum Gasteiger partial charge on any atom is 0.245 e. The van der Waals surface area contributed by atoms with Gasteiger partial charge >= 0.3 is 0 Å². The summed E-state index contributed by atoms with van der Waals surface area (Å²) in [5, 5.41) is 11.2. The van der Waals surface area contributed by atoms with Crippen molar-refractivity contribution in [2.45, 2.75) is 63.3 Å². The molecular formula is C18H31F2N5O2. The summed E-state index contributed by atoms with van der Waals surface area (Å²) in [4.78, 5) is 10.3. The van der Waals surface area contributed by atoms with Crippen molar-refractivity contribution in [3.63, 3.8) is 0 Å². The number of aliphatic hydroxyl groups excluding tert-OH is 1. The SMILES string of the molecule is C=N/C(CO)=N\C(=C\C(CCC(C)(F)F)N(C)NC)N1CC2OC(C)CC21. The van der Waals surface area contributed by atoms with E-state index in [9.17, 15) is 13.9 Å². The fraction of sp³-hybridized carbons (Fsp3) is 0.778. The minimum Gasteiger partial charge on any atom is -0.388 e. The number of aliphatic hydroxyl groups is 1. The van der Waals surface area contributed by atoms with Gasteiger partial charge in [-0.1, -0.05) is 0 Å². The van der Waals surface area contributed by atoms with Gasteiger partial charge in [0.2, 0.25) is 5.92 Å². The monoisotopic (exact) mass is 387 g/mol. The third-order valence-corrected chi connectivity index (χ3v) is 5.12. The second kappa shape index (κ2) is 9.18. The summed E-state index contributed by atoms with van der Waals surface area (Å²) in [5.41, 5.74) is 2.98. The summed E-state index contributed by atoms with van der Waals surface area (Å²) in [6, 6.07) is -0.101. The molecule has 2 fully saturated rings. The zero-order valence-electron chi connectivity index (χ0n) is 16.5. The molecule has 0 spiro atoms. The molecule has 0 aromatic rings. The van der Waals surface area contributed by atoms with E-state index in [0.29, 0.717) is 12.4 Å². The molecule has 4 unspecified atom stereocenters. The van der Waals surface area contributed by atoms with Gasteiger partial charge in [0.25, 0.3) is 0 Å². The lowest BCUT2D eigenvalue weighted by molar-refractivity contribution is -0.0394. The second-order valence-corrected chi connectivity index (χ2v) is 7.32. The lowest BCUT2D eigenvalue weighted by atomic mass is 9.97. The van der Waals surface area contributed by atoms with Crippen LogP contribution in [-0.4, -0.2) is 85.0 Å². The van der Waals surface area contributed by atoms with Crippen LogP contribution in [0.1, 0.15) is 33.1 Å². The first-order valence-electron chi connectivity index (χ1n) is 9.25. The second-order valence-electron chi connectivity index (χ2n) is 7.32. The van der Waals surface area contributed by atoms with E-state index in [1.165, 1.54) is 0 Å². The number of halogens is 2. The highest BCUT2D eigenvalue weighted by atomic mass is 19.3. The summed E-state index contributed by atoms with van der Waals surface area (Å²) < 4.78 is 32.6. The van der Waals surface area contributed by atoms with Crippen molar-refractivity contribution in [1.82, 2.24) is 15.3 Å². The Bertz CT molecular complexity index is 579. The van der Waals surface area contributed by atoms with Crippen LogP contribution < -0.4 is 5.43 Å². The molecule has 2 N–H and O–H groups in total. The molecule has 0 radical (unpaired) electrons. The van der Waals surface area contributed by atoms with Crippen LogP contribution in [0.3, 0.4) is 0 Å². The Morgan fingerprint density at radius 1 is 1.56 bits per heavy atom. The highest BCUT2D eigenvalue weighted by molar-refractivity contribution is 5.87. The van der Waals surface area contributed by atoms with Crippen molar-refractivity contribution >= 4 is 12.6 Å². The standard InChI is InChI=1S/C18H31F2N5O2/c1-12-8-14-15(27-12)10-25(14)17(23-16(11-26)21-3)9-13(24(5)22-4)6-7-18(2,19)20/h9,12-15,22,26H,3,6-8,10-11H2,1-2,4-5H3/b17-9-,23-16-. The summed E-state index contributed by atoms with van der Waals surface area (Å²) in [6.45, 7) is 6.74. The molecule has 9 heteroatoms. The molecule has 2 heterocycles. The molecule has 2 aliphatic heterocycles. The van der Waals surface area contributed by atoms with Crippen LogP contribution in [0.15, 0.2) is 21.9 Å². The molecule has 27 heavy (non-hydrogen) atoms. The Morgan fingerprint density at radius 2 is 2.26 bits per heavy atom. The van der Waals surface area contributed by atoms with Crippen LogP contribution in [0, 0.1) is 0 Å². The number of amidine groups is 1. The van der Waals surface area contributed by atoms with E-state index >= 15 is 0 Å². The van der Waals surface area contributed by atoms with E-state index in [2.05, 4.69) is 27.0 Å². The summed E-state index contributed by atoms with van der Waals surface area (Å²) in [7, 11) is 3.54. The van der Waals surface area contributed by atoms with Crippen LogP contribution in [0.5, 0.6) is 0 Å². The maximum absolute atomic E-state index is 13.4. The summed E-state index contributed by atoms with van der Waals surface area (Å²) >= 11 is 0. The van der Waals surface area contributed by atoms with E-state index in [-0.39, 0.29) is 49.6 Å². The highest BCUT2D eigenvalue weighted by Gasteiger charge is 2.47. The lowest BCUT2D eigenvalue weighted by Gasteiger charge is -2.45. The van der Waals surface area contributed by atoms with Crippen LogP contribution in [-0.2, 0) is 4.74 Å². The predicted octanol–water partition coefficient (Wildman–Crippen LogP) is 1.65. The Hall–Kier alpha value is -1.42.